The summed E-state index contributed by atoms with van der Waals surface area (Å²) in [4.78, 5) is 15.4. The first-order valence-electron chi connectivity index (χ1n) is 10.6. The van der Waals surface area contributed by atoms with Gasteiger partial charge in [0.1, 0.15) is 5.75 Å². The van der Waals surface area contributed by atoms with Crippen molar-refractivity contribution < 1.29 is 9.53 Å². The quantitative estimate of drug-likeness (QED) is 0.346. The third-order valence-corrected chi connectivity index (χ3v) is 6.15. The van der Waals surface area contributed by atoms with Gasteiger partial charge < -0.3 is 9.64 Å². The van der Waals surface area contributed by atoms with Crippen molar-refractivity contribution in [1.82, 2.24) is 25.1 Å². The zero-order valence-electron chi connectivity index (χ0n) is 18.5. The molecule has 168 valence electrons. The lowest BCUT2D eigenvalue weighted by Gasteiger charge is -2.26. The van der Waals surface area contributed by atoms with Crippen LogP contribution in [0.2, 0.25) is 0 Å². The molecule has 0 aliphatic rings. The largest absolute Gasteiger partial charge is 0.497 e. The molecule has 7 nitrogen and oxygen atoms in total. The number of aromatic nitrogens is 4. The van der Waals surface area contributed by atoms with Crippen LogP contribution >= 0.6 is 11.8 Å². The molecule has 1 atom stereocenters. The molecule has 0 radical (unpaired) electrons. The Hall–Kier alpha value is -3.65. The molecule has 0 aliphatic carbocycles. The average molecular weight is 460 g/mol. The minimum atomic E-state index is -0.375. The second-order valence-corrected chi connectivity index (χ2v) is 8.80. The highest BCUT2D eigenvalue weighted by molar-refractivity contribution is 8.00. The summed E-state index contributed by atoms with van der Waals surface area (Å²) in [6.45, 7) is 2.95. The lowest BCUT2D eigenvalue weighted by atomic mass is 10.1. The summed E-state index contributed by atoms with van der Waals surface area (Å²) in [5.74, 6) is 0.777. The SMILES string of the molecule is COc1ccc(-n2nnnc2S[C@H](C)C(=O)N(Cc2ccccc2)Cc2ccccc2)cc1. The second-order valence-electron chi connectivity index (χ2n) is 7.50. The fraction of sp³-hybridized carbons (Fsp3) is 0.200. The van der Waals surface area contributed by atoms with E-state index in [1.165, 1.54) is 11.8 Å². The topological polar surface area (TPSA) is 73.1 Å². The highest BCUT2D eigenvalue weighted by Gasteiger charge is 2.24. The summed E-state index contributed by atoms with van der Waals surface area (Å²) in [6.07, 6.45) is 0. The zero-order valence-corrected chi connectivity index (χ0v) is 19.4. The summed E-state index contributed by atoms with van der Waals surface area (Å²) < 4.78 is 6.85. The monoisotopic (exact) mass is 459 g/mol. The fourth-order valence-electron chi connectivity index (χ4n) is 3.42. The lowest BCUT2D eigenvalue weighted by Crippen LogP contribution is -2.35. The van der Waals surface area contributed by atoms with Gasteiger partial charge in [-0.1, -0.05) is 72.4 Å². The summed E-state index contributed by atoms with van der Waals surface area (Å²) >= 11 is 1.34. The summed E-state index contributed by atoms with van der Waals surface area (Å²) in [7, 11) is 1.62. The Bertz CT molecular complexity index is 1120. The van der Waals surface area contributed by atoms with Crippen molar-refractivity contribution in [2.45, 2.75) is 30.4 Å². The van der Waals surface area contributed by atoms with Crippen LogP contribution in [0.25, 0.3) is 5.69 Å². The Balaban J connectivity index is 1.52. The van der Waals surface area contributed by atoms with E-state index in [9.17, 15) is 4.79 Å². The average Bonchev–Trinajstić information content (AvgIpc) is 3.32. The molecule has 1 aromatic heterocycles. The molecule has 0 saturated carbocycles. The summed E-state index contributed by atoms with van der Waals surface area (Å²) in [6, 6.07) is 27.5. The normalized spacial score (nSPS) is 11.7. The van der Waals surface area contributed by atoms with Crippen LogP contribution in [0.15, 0.2) is 90.1 Å². The zero-order chi connectivity index (χ0) is 23.0. The Morgan fingerprint density at radius 2 is 1.52 bits per heavy atom. The van der Waals surface area contributed by atoms with Gasteiger partial charge in [-0.3, -0.25) is 4.79 Å². The number of hydrogen-bond donors (Lipinski definition) is 0. The van der Waals surface area contributed by atoms with Gasteiger partial charge in [0.25, 0.3) is 0 Å². The maximum atomic E-state index is 13.5. The van der Waals surface area contributed by atoms with Gasteiger partial charge in [0.05, 0.1) is 18.0 Å². The number of hydrogen-bond acceptors (Lipinski definition) is 6. The third-order valence-electron chi connectivity index (χ3n) is 5.13. The van der Waals surface area contributed by atoms with Gasteiger partial charge in [-0.2, -0.15) is 4.68 Å². The predicted molar refractivity (Wildman–Crippen MR) is 128 cm³/mol. The molecule has 0 fully saturated rings. The van der Waals surface area contributed by atoms with E-state index < -0.39 is 0 Å². The van der Waals surface area contributed by atoms with E-state index in [-0.39, 0.29) is 11.2 Å². The number of tetrazole rings is 1. The Kier molecular flexibility index (Phi) is 7.36. The van der Waals surface area contributed by atoms with Crippen molar-refractivity contribution in [1.29, 1.82) is 0 Å². The van der Waals surface area contributed by atoms with E-state index >= 15 is 0 Å². The molecule has 0 bridgehead atoms. The molecule has 1 heterocycles. The van der Waals surface area contributed by atoms with Gasteiger partial charge >= 0.3 is 0 Å². The summed E-state index contributed by atoms with van der Waals surface area (Å²) in [5, 5.41) is 12.3. The van der Waals surface area contributed by atoms with Crippen LogP contribution in [0.5, 0.6) is 5.75 Å². The van der Waals surface area contributed by atoms with Gasteiger partial charge in [0.2, 0.25) is 11.1 Å². The molecule has 4 rings (SSSR count). The molecule has 0 saturated heterocycles. The summed E-state index contributed by atoms with van der Waals surface area (Å²) in [5.41, 5.74) is 2.97. The smallest absolute Gasteiger partial charge is 0.236 e. The standard InChI is InChI=1S/C25H25N5O2S/c1-19(33-25-26-27-28-30(25)22-13-15-23(32-2)16-14-22)24(31)29(17-20-9-5-3-6-10-20)18-21-11-7-4-8-12-21/h3-16,19H,17-18H2,1-2H3/t19-/m1/s1. The molecule has 1 amide bonds. The number of rotatable bonds is 9. The Morgan fingerprint density at radius 3 is 2.06 bits per heavy atom. The number of nitrogens with zero attached hydrogens (tertiary/aromatic N) is 5. The van der Waals surface area contributed by atoms with Crippen LogP contribution in [-0.4, -0.2) is 43.4 Å². The van der Waals surface area contributed by atoms with Crippen molar-refractivity contribution in [3.05, 3.63) is 96.1 Å². The fourth-order valence-corrected chi connectivity index (χ4v) is 4.31. The maximum Gasteiger partial charge on any atom is 0.236 e. The number of amides is 1. The predicted octanol–water partition coefficient (Wildman–Crippen LogP) is 4.38. The minimum Gasteiger partial charge on any atom is -0.497 e. The van der Waals surface area contributed by atoms with Gasteiger partial charge in [0, 0.05) is 13.1 Å². The molecule has 0 N–H and O–H groups in total. The van der Waals surface area contributed by atoms with E-state index in [0.717, 1.165) is 22.6 Å². The number of carbonyl (C=O) groups is 1. The van der Waals surface area contributed by atoms with Crippen LogP contribution in [0.3, 0.4) is 0 Å². The number of methoxy groups -OCH3 is 1. The molecule has 3 aromatic carbocycles. The first-order chi connectivity index (χ1) is 16.1. The molecule has 33 heavy (non-hydrogen) atoms. The van der Waals surface area contributed by atoms with E-state index in [1.807, 2.05) is 96.8 Å². The van der Waals surface area contributed by atoms with Crippen molar-refractivity contribution in [3.8, 4) is 11.4 Å². The van der Waals surface area contributed by atoms with Crippen molar-refractivity contribution in [2.24, 2.45) is 0 Å². The van der Waals surface area contributed by atoms with E-state index in [2.05, 4.69) is 15.5 Å². The first-order valence-corrected chi connectivity index (χ1v) is 11.5. The van der Waals surface area contributed by atoms with Gasteiger partial charge in [-0.05, 0) is 52.7 Å². The molecule has 0 aliphatic heterocycles. The molecule has 0 spiro atoms. The first kappa shape index (κ1) is 22.5. The van der Waals surface area contributed by atoms with Crippen LogP contribution in [-0.2, 0) is 17.9 Å². The molecule has 0 unspecified atom stereocenters. The van der Waals surface area contributed by atoms with Crippen LogP contribution in [0.1, 0.15) is 18.1 Å². The molecular weight excluding hydrogens is 434 g/mol. The minimum absolute atomic E-state index is 0.0250. The van der Waals surface area contributed by atoms with Gasteiger partial charge in [0.15, 0.2) is 0 Å². The Morgan fingerprint density at radius 1 is 0.939 bits per heavy atom. The van der Waals surface area contributed by atoms with Crippen molar-refractivity contribution in [2.75, 3.05) is 7.11 Å². The number of carbonyl (C=O) groups excluding carboxylic acids is 1. The molecular formula is C25H25N5O2S. The lowest BCUT2D eigenvalue weighted by molar-refractivity contribution is -0.131. The third kappa shape index (κ3) is 5.78. The number of ether oxygens (including phenoxy) is 1. The van der Waals surface area contributed by atoms with E-state index in [0.29, 0.717) is 18.2 Å². The van der Waals surface area contributed by atoms with E-state index in [4.69, 9.17) is 4.74 Å². The van der Waals surface area contributed by atoms with Crippen LogP contribution in [0, 0.1) is 0 Å². The van der Waals surface area contributed by atoms with Crippen molar-refractivity contribution in [3.63, 3.8) is 0 Å². The second kappa shape index (κ2) is 10.8. The maximum absolute atomic E-state index is 13.5. The molecule has 8 heteroatoms. The van der Waals surface area contributed by atoms with E-state index in [1.54, 1.807) is 11.8 Å². The Labute approximate surface area is 197 Å². The van der Waals surface area contributed by atoms with Gasteiger partial charge in [-0.25, -0.2) is 0 Å². The highest BCUT2D eigenvalue weighted by Crippen LogP contribution is 2.26. The van der Waals surface area contributed by atoms with Crippen LogP contribution < -0.4 is 4.74 Å². The molecule has 4 aromatic rings. The van der Waals surface area contributed by atoms with Crippen molar-refractivity contribution >= 4 is 17.7 Å². The van der Waals surface area contributed by atoms with Crippen LogP contribution in [0.4, 0.5) is 0 Å². The van der Waals surface area contributed by atoms with Gasteiger partial charge in [-0.15, -0.1) is 5.10 Å². The number of benzene rings is 3. The highest BCUT2D eigenvalue weighted by atomic mass is 32.2. The number of thioether (sulfide) groups is 1.